The predicted molar refractivity (Wildman–Crippen MR) is 105 cm³/mol. The van der Waals surface area contributed by atoms with E-state index in [-0.39, 0.29) is 18.6 Å². The number of amides is 1. The van der Waals surface area contributed by atoms with Crippen LogP contribution in [0.3, 0.4) is 0 Å². The number of esters is 1. The fraction of sp³-hybridized carbons (Fsp3) is 0.364. The highest BCUT2D eigenvalue weighted by molar-refractivity contribution is 5.90. The molecule has 1 amide bonds. The van der Waals surface area contributed by atoms with Gasteiger partial charge in [0.2, 0.25) is 0 Å². The molecule has 0 radical (unpaired) electrons. The summed E-state index contributed by atoms with van der Waals surface area (Å²) in [5.74, 6) is 0.208. The van der Waals surface area contributed by atoms with Crippen LogP contribution in [-0.4, -0.2) is 44.7 Å². The summed E-state index contributed by atoms with van der Waals surface area (Å²) < 4.78 is 15.7. The lowest BCUT2D eigenvalue weighted by molar-refractivity contribution is -0.134. The van der Waals surface area contributed by atoms with E-state index in [4.69, 9.17) is 14.2 Å². The normalized spacial score (nSPS) is 15.3. The van der Waals surface area contributed by atoms with Crippen LogP contribution in [0.2, 0.25) is 0 Å². The van der Waals surface area contributed by atoms with Gasteiger partial charge in [-0.25, -0.2) is 4.79 Å². The van der Waals surface area contributed by atoms with Gasteiger partial charge in [-0.1, -0.05) is 24.3 Å². The molecule has 0 heterocycles. The minimum atomic E-state index is -0.461. The van der Waals surface area contributed by atoms with Crippen LogP contribution in [0.25, 0.3) is 0 Å². The number of carbonyl (C=O) groups is 2. The van der Waals surface area contributed by atoms with Crippen molar-refractivity contribution in [1.82, 2.24) is 4.90 Å². The third kappa shape index (κ3) is 4.11. The van der Waals surface area contributed by atoms with Crippen molar-refractivity contribution in [2.24, 2.45) is 0 Å². The molecule has 2 aromatic carbocycles. The van der Waals surface area contributed by atoms with Crippen LogP contribution in [0.5, 0.6) is 11.5 Å². The summed E-state index contributed by atoms with van der Waals surface area (Å²) in [6, 6.07) is 13.1. The fourth-order valence-corrected chi connectivity index (χ4v) is 3.58. The van der Waals surface area contributed by atoms with Crippen LogP contribution in [0.1, 0.15) is 40.4 Å². The van der Waals surface area contributed by atoms with Crippen molar-refractivity contribution in [2.45, 2.75) is 25.3 Å². The quantitative estimate of drug-likeness (QED) is 0.716. The minimum absolute atomic E-state index is 0.0599. The number of methoxy groups -OCH3 is 2. The number of aryl methyl sites for hydroxylation is 1. The monoisotopic (exact) mass is 383 g/mol. The molecule has 0 unspecified atom stereocenters. The van der Waals surface area contributed by atoms with Gasteiger partial charge >= 0.3 is 5.97 Å². The first kappa shape index (κ1) is 19.7. The zero-order valence-electron chi connectivity index (χ0n) is 16.4. The van der Waals surface area contributed by atoms with Gasteiger partial charge in [-0.05, 0) is 48.6 Å². The number of nitrogens with zero attached hydrogens (tertiary/aromatic N) is 1. The zero-order chi connectivity index (χ0) is 20.1. The predicted octanol–water partition coefficient (Wildman–Crippen LogP) is 3.40. The van der Waals surface area contributed by atoms with Gasteiger partial charge in [0.15, 0.2) is 18.1 Å². The molecule has 0 saturated heterocycles. The van der Waals surface area contributed by atoms with Gasteiger partial charge in [0.25, 0.3) is 5.91 Å². The van der Waals surface area contributed by atoms with Crippen molar-refractivity contribution in [3.63, 3.8) is 0 Å². The Morgan fingerprint density at radius 3 is 2.64 bits per heavy atom. The molecular weight excluding hydrogens is 358 g/mol. The average molecular weight is 383 g/mol. The van der Waals surface area contributed by atoms with Crippen molar-refractivity contribution in [3.05, 3.63) is 59.2 Å². The smallest absolute Gasteiger partial charge is 0.337 e. The molecule has 6 nitrogen and oxygen atoms in total. The Hall–Kier alpha value is -3.02. The first-order valence-corrected chi connectivity index (χ1v) is 9.27. The molecule has 0 spiro atoms. The summed E-state index contributed by atoms with van der Waals surface area (Å²) in [4.78, 5) is 26.1. The molecule has 0 N–H and O–H groups in total. The first-order valence-electron chi connectivity index (χ1n) is 9.27. The maximum absolute atomic E-state index is 12.7. The van der Waals surface area contributed by atoms with Crippen molar-refractivity contribution < 1.29 is 23.8 Å². The van der Waals surface area contributed by atoms with Gasteiger partial charge in [-0.3, -0.25) is 4.79 Å². The fourth-order valence-electron chi connectivity index (χ4n) is 3.58. The lowest BCUT2D eigenvalue weighted by atomic mass is 9.87. The van der Waals surface area contributed by atoms with Crippen LogP contribution in [0.4, 0.5) is 0 Å². The molecule has 1 aliphatic carbocycles. The van der Waals surface area contributed by atoms with Crippen LogP contribution in [0, 0.1) is 0 Å². The second-order valence-corrected chi connectivity index (χ2v) is 6.76. The van der Waals surface area contributed by atoms with E-state index in [0.717, 1.165) is 19.3 Å². The first-order chi connectivity index (χ1) is 13.5. The average Bonchev–Trinajstić information content (AvgIpc) is 2.75. The van der Waals surface area contributed by atoms with E-state index in [9.17, 15) is 9.59 Å². The molecule has 28 heavy (non-hydrogen) atoms. The SMILES string of the molecule is COC(=O)c1ccc(OCC(=O)N(C)[C@@H]2CCCc3ccccc32)c(OC)c1. The molecular formula is C22H25NO5. The number of rotatable bonds is 6. The molecule has 0 bridgehead atoms. The van der Waals surface area contributed by atoms with Crippen molar-refractivity contribution in [3.8, 4) is 11.5 Å². The Kier molecular flexibility index (Phi) is 6.19. The third-order valence-electron chi connectivity index (χ3n) is 5.13. The van der Waals surface area contributed by atoms with E-state index in [2.05, 4.69) is 12.1 Å². The summed E-state index contributed by atoms with van der Waals surface area (Å²) in [7, 11) is 4.61. The third-order valence-corrected chi connectivity index (χ3v) is 5.13. The number of hydrogen-bond acceptors (Lipinski definition) is 5. The molecule has 1 aliphatic rings. The minimum Gasteiger partial charge on any atom is -0.493 e. The maximum atomic E-state index is 12.7. The van der Waals surface area contributed by atoms with Crippen LogP contribution >= 0.6 is 0 Å². The molecule has 148 valence electrons. The van der Waals surface area contributed by atoms with Crippen LogP contribution in [0.15, 0.2) is 42.5 Å². The topological polar surface area (TPSA) is 65.1 Å². The Labute approximate surface area is 165 Å². The Morgan fingerprint density at radius 2 is 1.89 bits per heavy atom. The summed E-state index contributed by atoms with van der Waals surface area (Å²) in [5.41, 5.74) is 2.87. The second kappa shape index (κ2) is 8.78. The number of hydrogen-bond donors (Lipinski definition) is 0. The van der Waals surface area contributed by atoms with E-state index >= 15 is 0 Å². The lowest BCUT2D eigenvalue weighted by Gasteiger charge is -2.33. The van der Waals surface area contributed by atoms with Crippen LogP contribution < -0.4 is 9.47 Å². The highest BCUT2D eigenvalue weighted by atomic mass is 16.5. The Bertz CT molecular complexity index is 864. The number of likely N-dealkylation sites (N-methyl/N-ethyl adjacent to an activating group) is 1. The highest BCUT2D eigenvalue weighted by Gasteiger charge is 2.26. The molecule has 3 rings (SSSR count). The van der Waals surface area contributed by atoms with Gasteiger partial charge in [0.1, 0.15) is 0 Å². The maximum Gasteiger partial charge on any atom is 0.337 e. The molecule has 0 saturated carbocycles. The van der Waals surface area contributed by atoms with Gasteiger partial charge < -0.3 is 19.1 Å². The largest absolute Gasteiger partial charge is 0.493 e. The number of fused-ring (bicyclic) bond motifs is 1. The molecule has 2 aromatic rings. The van der Waals surface area contributed by atoms with E-state index in [1.54, 1.807) is 17.0 Å². The van der Waals surface area contributed by atoms with Crippen molar-refractivity contribution in [2.75, 3.05) is 27.9 Å². The van der Waals surface area contributed by atoms with E-state index in [0.29, 0.717) is 17.1 Å². The number of benzene rings is 2. The van der Waals surface area contributed by atoms with Crippen molar-refractivity contribution >= 4 is 11.9 Å². The summed E-state index contributed by atoms with van der Waals surface area (Å²) in [5, 5.41) is 0. The molecule has 0 fully saturated rings. The Balaban J connectivity index is 1.68. The zero-order valence-corrected chi connectivity index (χ0v) is 16.4. The van der Waals surface area contributed by atoms with Gasteiger partial charge in [-0.2, -0.15) is 0 Å². The highest BCUT2D eigenvalue weighted by Crippen LogP contribution is 2.34. The van der Waals surface area contributed by atoms with Crippen molar-refractivity contribution in [1.29, 1.82) is 0 Å². The van der Waals surface area contributed by atoms with E-state index in [1.807, 2.05) is 19.2 Å². The van der Waals surface area contributed by atoms with E-state index in [1.165, 1.54) is 31.4 Å². The summed E-state index contributed by atoms with van der Waals surface area (Å²) >= 11 is 0. The standard InChI is InChI=1S/C22H25NO5/c1-23(18-10-6-8-15-7-4-5-9-17(15)18)21(24)14-28-19-12-11-16(22(25)27-3)13-20(19)26-2/h4-5,7,9,11-13,18H,6,8,10,14H2,1-3H3/t18-/m1/s1. The van der Waals surface area contributed by atoms with Gasteiger partial charge in [0, 0.05) is 7.05 Å². The number of ether oxygens (including phenoxy) is 3. The lowest BCUT2D eigenvalue weighted by Crippen LogP contribution is -2.36. The second-order valence-electron chi connectivity index (χ2n) is 6.76. The van der Waals surface area contributed by atoms with E-state index < -0.39 is 5.97 Å². The van der Waals surface area contributed by atoms with Gasteiger partial charge in [0.05, 0.1) is 25.8 Å². The van der Waals surface area contributed by atoms with Crippen LogP contribution in [-0.2, 0) is 16.0 Å². The molecule has 1 atom stereocenters. The number of carbonyl (C=O) groups excluding carboxylic acids is 2. The molecule has 6 heteroatoms. The Morgan fingerprint density at radius 1 is 1.11 bits per heavy atom. The summed E-state index contributed by atoms with van der Waals surface area (Å²) in [6.45, 7) is -0.108. The molecule has 0 aromatic heterocycles. The summed E-state index contributed by atoms with van der Waals surface area (Å²) in [6.07, 6.45) is 3.05. The van der Waals surface area contributed by atoms with Gasteiger partial charge in [-0.15, -0.1) is 0 Å². The molecule has 0 aliphatic heterocycles.